The summed E-state index contributed by atoms with van der Waals surface area (Å²) < 4.78 is 5.48. The Labute approximate surface area is 74.0 Å². The molecule has 1 atom stereocenters. The van der Waals surface area contributed by atoms with Gasteiger partial charge in [0.15, 0.2) is 0 Å². The largest absolute Gasteiger partial charge is 0.465 e. The second kappa shape index (κ2) is 4.31. The van der Waals surface area contributed by atoms with Crippen LogP contribution in [0.5, 0.6) is 0 Å². The van der Waals surface area contributed by atoms with Crippen LogP contribution in [0.15, 0.2) is 16.5 Å². The molecule has 0 radical (unpaired) electrons. The van der Waals surface area contributed by atoms with Gasteiger partial charge in [-0.1, -0.05) is 6.92 Å². The molecule has 2 heteroatoms. The average Bonchev–Trinajstić information content (AvgIpc) is 2.47. The summed E-state index contributed by atoms with van der Waals surface area (Å²) in [4.78, 5) is 0. The SMILES string of the molecule is CCCN[C@@H](C)c1ccc(C)o1. The number of hydrogen-bond donors (Lipinski definition) is 1. The molecule has 0 unspecified atom stereocenters. The maximum Gasteiger partial charge on any atom is 0.120 e. The fourth-order valence-electron chi connectivity index (χ4n) is 1.15. The van der Waals surface area contributed by atoms with Crippen molar-refractivity contribution in [3.05, 3.63) is 23.7 Å². The number of nitrogens with one attached hydrogen (secondary N) is 1. The van der Waals surface area contributed by atoms with Gasteiger partial charge in [0.1, 0.15) is 11.5 Å². The Bertz CT molecular complexity index is 229. The summed E-state index contributed by atoms with van der Waals surface area (Å²) in [7, 11) is 0. The minimum Gasteiger partial charge on any atom is -0.465 e. The predicted octanol–water partition coefficient (Wildman–Crippen LogP) is 2.65. The van der Waals surface area contributed by atoms with Gasteiger partial charge in [-0.05, 0) is 38.9 Å². The van der Waals surface area contributed by atoms with E-state index < -0.39 is 0 Å². The van der Waals surface area contributed by atoms with Crippen LogP contribution in [0.1, 0.15) is 37.8 Å². The first-order valence-electron chi connectivity index (χ1n) is 4.53. The zero-order valence-corrected chi connectivity index (χ0v) is 8.05. The molecule has 0 aromatic carbocycles. The number of aryl methyl sites for hydroxylation is 1. The molecule has 1 aromatic heterocycles. The number of rotatable bonds is 4. The molecule has 68 valence electrons. The maximum atomic E-state index is 5.48. The minimum atomic E-state index is 0.332. The van der Waals surface area contributed by atoms with Gasteiger partial charge in [0.25, 0.3) is 0 Å². The molecular weight excluding hydrogens is 150 g/mol. The highest BCUT2D eigenvalue weighted by atomic mass is 16.3. The minimum absolute atomic E-state index is 0.332. The first-order valence-corrected chi connectivity index (χ1v) is 4.53. The van der Waals surface area contributed by atoms with Gasteiger partial charge in [-0.3, -0.25) is 0 Å². The smallest absolute Gasteiger partial charge is 0.120 e. The molecule has 0 saturated carbocycles. The van der Waals surface area contributed by atoms with Crippen LogP contribution in [0.4, 0.5) is 0 Å². The highest BCUT2D eigenvalue weighted by Gasteiger charge is 2.06. The van der Waals surface area contributed by atoms with Crippen molar-refractivity contribution in [2.75, 3.05) is 6.54 Å². The van der Waals surface area contributed by atoms with Crippen LogP contribution < -0.4 is 5.32 Å². The van der Waals surface area contributed by atoms with E-state index in [1.54, 1.807) is 0 Å². The third-order valence-electron chi connectivity index (χ3n) is 1.89. The summed E-state index contributed by atoms with van der Waals surface area (Å²) >= 11 is 0. The van der Waals surface area contributed by atoms with E-state index in [0.717, 1.165) is 24.5 Å². The Morgan fingerprint density at radius 3 is 2.75 bits per heavy atom. The van der Waals surface area contributed by atoms with Crippen molar-refractivity contribution in [3.8, 4) is 0 Å². The van der Waals surface area contributed by atoms with Crippen LogP contribution in [-0.4, -0.2) is 6.54 Å². The molecule has 0 spiro atoms. The highest BCUT2D eigenvalue weighted by molar-refractivity contribution is 5.08. The van der Waals surface area contributed by atoms with E-state index in [-0.39, 0.29) is 0 Å². The van der Waals surface area contributed by atoms with Crippen molar-refractivity contribution in [1.82, 2.24) is 5.32 Å². The lowest BCUT2D eigenvalue weighted by molar-refractivity contribution is 0.417. The molecule has 0 saturated heterocycles. The van der Waals surface area contributed by atoms with Crippen LogP contribution in [0.3, 0.4) is 0 Å². The van der Waals surface area contributed by atoms with E-state index in [9.17, 15) is 0 Å². The second-order valence-corrected chi connectivity index (χ2v) is 3.12. The van der Waals surface area contributed by atoms with Crippen LogP contribution in [-0.2, 0) is 0 Å². The van der Waals surface area contributed by atoms with E-state index in [1.165, 1.54) is 0 Å². The monoisotopic (exact) mass is 167 g/mol. The Morgan fingerprint density at radius 2 is 2.25 bits per heavy atom. The highest BCUT2D eigenvalue weighted by Crippen LogP contribution is 2.14. The Balaban J connectivity index is 2.47. The van der Waals surface area contributed by atoms with Gasteiger partial charge in [-0.2, -0.15) is 0 Å². The van der Waals surface area contributed by atoms with Gasteiger partial charge in [0.2, 0.25) is 0 Å². The van der Waals surface area contributed by atoms with Crippen molar-refractivity contribution in [2.45, 2.75) is 33.2 Å². The molecule has 0 aliphatic rings. The molecule has 0 aliphatic heterocycles. The van der Waals surface area contributed by atoms with E-state index >= 15 is 0 Å². The van der Waals surface area contributed by atoms with Gasteiger partial charge in [-0.15, -0.1) is 0 Å². The van der Waals surface area contributed by atoms with E-state index in [0.29, 0.717) is 6.04 Å². The Kier molecular flexibility index (Phi) is 3.35. The lowest BCUT2D eigenvalue weighted by atomic mass is 10.2. The molecule has 1 rings (SSSR count). The predicted molar refractivity (Wildman–Crippen MR) is 50.2 cm³/mol. The van der Waals surface area contributed by atoms with Gasteiger partial charge in [0, 0.05) is 0 Å². The molecule has 12 heavy (non-hydrogen) atoms. The van der Waals surface area contributed by atoms with E-state index in [1.807, 2.05) is 19.1 Å². The quantitative estimate of drug-likeness (QED) is 0.745. The average molecular weight is 167 g/mol. The summed E-state index contributed by atoms with van der Waals surface area (Å²) in [6.45, 7) is 7.29. The van der Waals surface area contributed by atoms with Crippen molar-refractivity contribution >= 4 is 0 Å². The second-order valence-electron chi connectivity index (χ2n) is 3.12. The summed E-state index contributed by atoms with van der Waals surface area (Å²) in [5, 5.41) is 3.37. The van der Waals surface area contributed by atoms with Crippen LogP contribution in [0.25, 0.3) is 0 Å². The third-order valence-corrected chi connectivity index (χ3v) is 1.89. The molecular formula is C10H17NO. The van der Waals surface area contributed by atoms with Gasteiger partial charge >= 0.3 is 0 Å². The van der Waals surface area contributed by atoms with Gasteiger partial charge in [-0.25, -0.2) is 0 Å². The van der Waals surface area contributed by atoms with Crippen molar-refractivity contribution < 1.29 is 4.42 Å². The zero-order chi connectivity index (χ0) is 8.97. The van der Waals surface area contributed by atoms with Crippen LogP contribution >= 0.6 is 0 Å². The normalized spacial score (nSPS) is 13.2. The number of furan rings is 1. The lowest BCUT2D eigenvalue weighted by Gasteiger charge is -2.09. The fraction of sp³-hybridized carbons (Fsp3) is 0.600. The standard InChI is InChI=1S/C10H17NO/c1-4-7-11-9(3)10-6-5-8(2)12-10/h5-6,9,11H,4,7H2,1-3H3/t9-/m0/s1. The van der Waals surface area contributed by atoms with Crippen molar-refractivity contribution in [1.29, 1.82) is 0 Å². The van der Waals surface area contributed by atoms with E-state index in [4.69, 9.17) is 4.42 Å². The summed E-state index contributed by atoms with van der Waals surface area (Å²) in [6, 6.07) is 4.36. The molecule has 0 bridgehead atoms. The molecule has 0 fully saturated rings. The summed E-state index contributed by atoms with van der Waals surface area (Å²) in [5.74, 6) is 2.01. The topological polar surface area (TPSA) is 25.2 Å². The van der Waals surface area contributed by atoms with Gasteiger partial charge < -0.3 is 9.73 Å². The molecule has 1 aromatic rings. The third kappa shape index (κ3) is 2.38. The Morgan fingerprint density at radius 1 is 1.50 bits per heavy atom. The summed E-state index contributed by atoms with van der Waals surface area (Å²) in [5.41, 5.74) is 0. The number of hydrogen-bond acceptors (Lipinski definition) is 2. The lowest BCUT2D eigenvalue weighted by Crippen LogP contribution is -2.18. The molecule has 0 amide bonds. The first kappa shape index (κ1) is 9.33. The molecule has 1 heterocycles. The van der Waals surface area contributed by atoms with E-state index in [2.05, 4.69) is 19.2 Å². The summed E-state index contributed by atoms with van der Waals surface area (Å²) in [6.07, 6.45) is 1.16. The van der Waals surface area contributed by atoms with Crippen molar-refractivity contribution in [2.24, 2.45) is 0 Å². The Hall–Kier alpha value is -0.760. The maximum absolute atomic E-state index is 5.48. The van der Waals surface area contributed by atoms with Crippen LogP contribution in [0, 0.1) is 6.92 Å². The van der Waals surface area contributed by atoms with Gasteiger partial charge in [0.05, 0.1) is 6.04 Å². The van der Waals surface area contributed by atoms with Crippen molar-refractivity contribution in [3.63, 3.8) is 0 Å². The first-order chi connectivity index (χ1) is 5.74. The fourth-order valence-corrected chi connectivity index (χ4v) is 1.15. The van der Waals surface area contributed by atoms with Crippen LogP contribution in [0.2, 0.25) is 0 Å². The molecule has 0 aliphatic carbocycles. The molecule has 1 N–H and O–H groups in total. The zero-order valence-electron chi connectivity index (χ0n) is 8.05. The molecule has 2 nitrogen and oxygen atoms in total.